The summed E-state index contributed by atoms with van der Waals surface area (Å²) >= 11 is 0. The lowest BCUT2D eigenvalue weighted by molar-refractivity contribution is -0.120. The van der Waals surface area contributed by atoms with Gasteiger partial charge in [-0.15, -0.1) is 0 Å². The number of aromatic nitrogens is 2. The van der Waals surface area contributed by atoms with E-state index >= 15 is 0 Å². The van der Waals surface area contributed by atoms with E-state index in [0.29, 0.717) is 23.5 Å². The molecule has 1 N–H and O–H groups in total. The average molecular weight is 261 g/mol. The second kappa shape index (κ2) is 4.75. The second-order valence-corrected chi connectivity index (χ2v) is 6.10. The third kappa shape index (κ3) is 2.34. The molecule has 1 aromatic heterocycles. The van der Waals surface area contributed by atoms with E-state index in [1.807, 2.05) is 11.6 Å². The van der Waals surface area contributed by atoms with Crippen molar-refractivity contribution in [1.29, 1.82) is 0 Å². The number of carbonyl (C=O) groups excluding carboxylic acids is 1. The molecule has 104 valence electrons. The van der Waals surface area contributed by atoms with E-state index in [4.69, 9.17) is 0 Å². The Morgan fingerprint density at radius 2 is 2.26 bits per heavy atom. The van der Waals surface area contributed by atoms with Crippen molar-refractivity contribution < 1.29 is 4.79 Å². The molecule has 1 saturated carbocycles. The summed E-state index contributed by atoms with van der Waals surface area (Å²) in [6, 6.07) is 2.05. The summed E-state index contributed by atoms with van der Waals surface area (Å²) in [5, 5.41) is 7.81. The van der Waals surface area contributed by atoms with Crippen LogP contribution in [0.4, 0.5) is 0 Å². The molecule has 0 radical (unpaired) electrons. The maximum Gasteiger partial charge on any atom is 0.142 e. The lowest BCUT2D eigenvalue weighted by Crippen LogP contribution is -2.31. The number of hydrogen-bond acceptors (Lipinski definition) is 3. The first-order chi connectivity index (χ1) is 9.14. The van der Waals surface area contributed by atoms with Crippen molar-refractivity contribution in [3.8, 4) is 0 Å². The van der Waals surface area contributed by atoms with Gasteiger partial charge in [0.15, 0.2) is 0 Å². The Hall–Kier alpha value is -1.16. The first-order valence-corrected chi connectivity index (χ1v) is 7.41. The zero-order valence-corrected chi connectivity index (χ0v) is 11.9. The van der Waals surface area contributed by atoms with Gasteiger partial charge in [0.05, 0.1) is 5.69 Å². The highest BCUT2D eigenvalue weighted by atomic mass is 16.1. The summed E-state index contributed by atoms with van der Waals surface area (Å²) in [7, 11) is 0. The molecule has 2 heterocycles. The minimum atomic E-state index is 0.315. The molecule has 4 nitrogen and oxygen atoms in total. The summed E-state index contributed by atoms with van der Waals surface area (Å²) in [5.41, 5.74) is 2.45. The Balaban J connectivity index is 1.66. The van der Waals surface area contributed by atoms with Gasteiger partial charge in [-0.05, 0) is 57.7 Å². The Labute approximate surface area is 114 Å². The molecule has 1 unspecified atom stereocenters. The fourth-order valence-corrected chi connectivity index (χ4v) is 3.60. The van der Waals surface area contributed by atoms with E-state index < -0.39 is 0 Å². The number of carbonyl (C=O) groups is 1. The van der Waals surface area contributed by atoms with Gasteiger partial charge in [-0.25, -0.2) is 0 Å². The monoisotopic (exact) mass is 261 g/mol. The van der Waals surface area contributed by atoms with Crippen molar-refractivity contribution in [3.05, 3.63) is 17.5 Å². The molecule has 19 heavy (non-hydrogen) atoms. The Morgan fingerprint density at radius 3 is 2.95 bits per heavy atom. The molecular weight excluding hydrogens is 238 g/mol. The van der Waals surface area contributed by atoms with Crippen molar-refractivity contribution in [3.63, 3.8) is 0 Å². The van der Waals surface area contributed by atoms with Crippen molar-refractivity contribution >= 4 is 5.78 Å². The number of piperidine rings is 1. The number of hydrogen-bond donors (Lipinski definition) is 1. The molecule has 1 aromatic rings. The quantitative estimate of drug-likeness (QED) is 0.897. The van der Waals surface area contributed by atoms with Crippen LogP contribution in [0.3, 0.4) is 0 Å². The van der Waals surface area contributed by atoms with Crippen LogP contribution in [-0.2, 0) is 17.8 Å². The standard InChI is InChI=1S/C15H23N3O/c1-3-18-12(8-11(2)17-18)9-14(19)13-10-15(13)4-6-16-7-5-15/h8,13,16H,3-7,9-10H2,1-2H3. The Morgan fingerprint density at radius 1 is 1.53 bits per heavy atom. The molecule has 3 rings (SSSR count). The average Bonchev–Trinajstić information content (AvgIpc) is 2.97. The van der Waals surface area contributed by atoms with E-state index in [-0.39, 0.29) is 0 Å². The SMILES string of the molecule is CCn1nc(C)cc1CC(=O)C1CC12CCNCC2. The van der Waals surface area contributed by atoms with Crippen LogP contribution in [0, 0.1) is 18.3 Å². The molecule has 1 aliphatic carbocycles. The lowest BCUT2D eigenvalue weighted by Gasteiger charge is -2.23. The maximum atomic E-state index is 12.5. The normalized spacial score (nSPS) is 24.6. The largest absolute Gasteiger partial charge is 0.317 e. The molecule has 2 fully saturated rings. The third-order valence-electron chi connectivity index (χ3n) is 4.82. The van der Waals surface area contributed by atoms with Crippen LogP contribution < -0.4 is 5.32 Å². The predicted molar refractivity (Wildman–Crippen MR) is 74.0 cm³/mol. The molecule has 0 aromatic carbocycles. The molecule has 1 atom stereocenters. The van der Waals surface area contributed by atoms with E-state index in [1.54, 1.807) is 0 Å². The second-order valence-electron chi connectivity index (χ2n) is 6.10. The van der Waals surface area contributed by atoms with Crippen LogP contribution in [0.25, 0.3) is 0 Å². The number of aryl methyl sites for hydroxylation is 2. The summed E-state index contributed by atoms with van der Waals surface area (Å²) in [6.07, 6.45) is 4.03. The number of rotatable bonds is 4. The minimum absolute atomic E-state index is 0.315. The molecule has 1 spiro atoms. The third-order valence-corrected chi connectivity index (χ3v) is 4.82. The minimum Gasteiger partial charge on any atom is -0.317 e. The van der Waals surface area contributed by atoms with E-state index in [2.05, 4.69) is 23.4 Å². The number of nitrogens with zero attached hydrogens (tertiary/aromatic N) is 2. The first kappa shape index (κ1) is 12.9. The van der Waals surface area contributed by atoms with Crippen LogP contribution in [0.2, 0.25) is 0 Å². The van der Waals surface area contributed by atoms with Crippen LogP contribution in [0.5, 0.6) is 0 Å². The summed E-state index contributed by atoms with van der Waals surface area (Å²) in [6.45, 7) is 7.07. The van der Waals surface area contributed by atoms with Crippen molar-refractivity contribution in [2.75, 3.05) is 13.1 Å². The number of Topliss-reactive ketones (excluding diaryl/α,β-unsaturated/α-hetero) is 1. The van der Waals surface area contributed by atoms with Crippen molar-refractivity contribution in [2.45, 2.75) is 46.1 Å². The fraction of sp³-hybridized carbons (Fsp3) is 0.733. The molecule has 0 amide bonds. The zero-order valence-electron chi connectivity index (χ0n) is 11.9. The molecule has 1 saturated heterocycles. The van der Waals surface area contributed by atoms with Gasteiger partial charge in [0.2, 0.25) is 0 Å². The van der Waals surface area contributed by atoms with Gasteiger partial charge >= 0.3 is 0 Å². The number of nitrogens with one attached hydrogen (secondary N) is 1. The topological polar surface area (TPSA) is 46.9 Å². The van der Waals surface area contributed by atoms with Gasteiger partial charge in [-0.2, -0.15) is 5.10 Å². The van der Waals surface area contributed by atoms with E-state index in [1.165, 1.54) is 12.8 Å². The van der Waals surface area contributed by atoms with Gasteiger partial charge in [0.1, 0.15) is 5.78 Å². The van der Waals surface area contributed by atoms with Crippen LogP contribution >= 0.6 is 0 Å². The van der Waals surface area contributed by atoms with Gasteiger partial charge in [-0.3, -0.25) is 9.48 Å². The maximum absolute atomic E-state index is 12.5. The van der Waals surface area contributed by atoms with Gasteiger partial charge < -0.3 is 5.32 Å². The molecule has 0 bridgehead atoms. The smallest absolute Gasteiger partial charge is 0.142 e. The predicted octanol–water partition coefficient (Wildman–Crippen LogP) is 1.71. The van der Waals surface area contributed by atoms with Crippen LogP contribution in [0.15, 0.2) is 6.07 Å². The van der Waals surface area contributed by atoms with Crippen molar-refractivity contribution in [1.82, 2.24) is 15.1 Å². The highest BCUT2D eigenvalue weighted by Crippen LogP contribution is 2.59. The van der Waals surface area contributed by atoms with Crippen molar-refractivity contribution in [2.24, 2.45) is 11.3 Å². The summed E-state index contributed by atoms with van der Waals surface area (Å²) in [4.78, 5) is 12.5. The molecule has 1 aliphatic heterocycles. The summed E-state index contributed by atoms with van der Waals surface area (Å²) in [5.74, 6) is 0.742. The van der Waals surface area contributed by atoms with Crippen LogP contribution in [0.1, 0.15) is 37.6 Å². The summed E-state index contributed by atoms with van der Waals surface area (Å²) < 4.78 is 1.96. The molecule has 2 aliphatic rings. The van der Waals surface area contributed by atoms with Gasteiger partial charge in [0, 0.05) is 24.6 Å². The first-order valence-electron chi connectivity index (χ1n) is 7.41. The van der Waals surface area contributed by atoms with E-state index in [9.17, 15) is 4.79 Å². The Kier molecular flexibility index (Phi) is 3.21. The highest BCUT2D eigenvalue weighted by molar-refractivity contribution is 5.86. The Bertz CT molecular complexity index is 486. The number of ketones is 1. The van der Waals surface area contributed by atoms with E-state index in [0.717, 1.165) is 37.4 Å². The molecular formula is C15H23N3O. The van der Waals surface area contributed by atoms with Gasteiger partial charge in [-0.1, -0.05) is 0 Å². The lowest BCUT2D eigenvalue weighted by atomic mass is 9.90. The molecule has 4 heteroatoms. The zero-order chi connectivity index (χ0) is 13.5. The van der Waals surface area contributed by atoms with Gasteiger partial charge in [0.25, 0.3) is 0 Å². The fourth-order valence-electron chi connectivity index (χ4n) is 3.60. The highest BCUT2D eigenvalue weighted by Gasteiger charge is 2.57. The van der Waals surface area contributed by atoms with Crippen LogP contribution in [-0.4, -0.2) is 28.7 Å².